The zero-order chi connectivity index (χ0) is 8.27. The van der Waals surface area contributed by atoms with Crippen molar-refractivity contribution in [3.8, 4) is 0 Å². The molecule has 0 amide bonds. The lowest BCUT2D eigenvalue weighted by atomic mass is 10.2. The highest BCUT2D eigenvalue weighted by Crippen LogP contribution is 2.08. The molecule has 1 rings (SSSR count). The van der Waals surface area contributed by atoms with Gasteiger partial charge in [-0.05, 0) is 6.42 Å². The summed E-state index contributed by atoms with van der Waals surface area (Å²) in [6.07, 6.45) is 1.45. The Bertz CT molecular complexity index is 232. The van der Waals surface area contributed by atoms with E-state index in [4.69, 9.17) is 10.8 Å². The van der Waals surface area contributed by atoms with E-state index in [1.165, 1.54) is 0 Å². The van der Waals surface area contributed by atoms with Gasteiger partial charge in [-0.3, -0.25) is 0 Å². The number of aryl methyl sites for hydroxylation is 1. The van der Waals surface area contributed by atoms with Gasteiger partial charge in [0.05, 0.1) is 5.69 Å². The summed E-state index contributed by atoms with van der Waals surface area (Å²) >= 11 is 0. The van der Waals surface area contributed by atoms with Crippen molar-refractivity contribution >= 4 is 5.95 Å². The van der Waals surface area contributed by atoms with Gasteiger partial charge in [-0.2, -0.15) is 0 Å². The van der Waals surface area contributed by atoms with Crippen molar-refractivity contribution in [2.75, 3.05) is 12.3 Å². The second-order valence-corrected chi connectivity index (χ2v) is 2.37. The van der Waals surface area contributed by atoms with Crippen LogP contribution in [0.4, 0.5) is 5.95 Å². The third kappa shape index (κ3) is 1.71. The quantitative estimate of drug-likeness (QED) is 0.579. The predicted molar refractivity (Wildman–Crippen MR) is 43.2 cm³/mol. The number of aliphatic hydroxyl groups excluding tert-OH is 1. The smallest absolute Gasteiger partial charge is 0.197 e. The number of aliphatic hydroxyl groups is 1. The molecular weight excluding hydrogens is 142 g/mol. The number of H-pyrrole nitrogens is 1. The van der Waals surface area contributed by atoms with Gasteiger partial charge in [-0.1, -0.05) is 6.92 Å². The highest BCUT2D eigenvalue weighted by atomic mass is 16.3. The Morgan fingerprint density at radius 1 is 1.64 bits per heavy atom. The van der Waals surface area contributed by atoms with E-state index in [9.17, 15) is 0 Å². The fourth-order valence-electron chi connectivity index (χ4n) is 1.08. The highest BCUT2D eigenvalue weighted by molar-refractivity contribution is 5.26. The van der Waals surface area contributed by atoms with Crippen LogP contribution >= 0.6 is 0 Å². The fraction of sp³-hybridized carbons (Fsp3) is 0.571. The van der Waals surface area contributed by atoms with Crippen LogP contribution in [0.1, 0.15) is 18.3 Å². The molecule has 0 aliphatic heterocycles. The Hall–Kier alpha value is -1.03. The number of nitrogens with zero attached hydrogens (tertiary/aromatic N) is 1. The zero-order valence-electron chi connectivity index (χ0n) is 6.59. The van der Waals surface area contributed by atoms with Crippen molar-refractivity contribution in [3.05, 3.63) is 11.4 Å². The van der Waals surface area contributed by atoms with Gasteiger partial charge < -0.3 is 15.8 Å². The first kappa shape index (κ1) is 8.07. The van der Waals surface area contributed by atoms with Gasteiger partial charge in [0.1, 0.15) is 0 Å². The van der Waals surface area contributed by atoms with Gasteiger partial charge in [0.2, 0.25) is 0 Å². The molecule has 0 spiro atoms. The summed E-state index contributed by atoms with van der Waals surface area (Å²) in [5, 5.41) is 8.66. The number of imidazole rings is 1. The van der Waals surface area contributed by atoms with Gasteiger partial charge in [0.25, 0.3) is 0 Å². The lowest BCUT2D eigenvalue weighted by Gasteiger charge is -1.94. The van der Waals surface area contributed by atoms with E-state index in [0.29, 0.717) is 12.4 Å². The van der Waals surface area contributed by atoms with Crippen LogP contribution < -0.4 is 5.73 Å². The van der Waals surface area contributed by atoms with Crippen LogP contribution in [-0.2, 0) is 12.8 Å². The first-order chi connectivity index (χ1) is 5.27. The molecule has 0 saturated heterocycles. The molecule has 4 N–H and O–H groups in total. The van der Waals surface area contributed by atoms with Crippen molar-refractivity contribution in [1.82, 2.24) is 9.97 Å². The maximum Gasteiger partial charge on any atom is 0.197 e. The van der Waals surface area contributed by atoms with E-state index in [0.717, 1.165) is 17.8 Å². The minimum absolute atomic E-state index is 0.134. The SMILES string of the molecule is CCc1nc(N)[nH]c1CCO. The Balaban J connectivity index is 2.83. The Kier molecular flexibility index (Phi) is 2.48. The second-order valence-electron chi connectivity index (χ2n) is 2.37. The maximum atomic E-state index is 8.66. The molecule has 62 valence electrons. The van der Waals surface area contributed by atoms with Crippen LogP contribution in [0, 0.1) is 0 Å². The average molecular weight is 155 g/mol. The van der Waals surface area contributed by atoms with E-state index in [1.54, 1.807) is 0 Å². The third-order valence-corrected chi connectivity index (χ3v) is 1.58. The monoisotopic (exact) mass is 155 g/mol. The normalized spacial score (nSPS) is 10.4. The first-order valence-electron chi connectivity index (χ1n) is 3.72. The van der Waals surface area contributed by atoms with Crippen LogP contribution in [0.15, 0.2) is 0 Å². The van der Waals surface area contributed by atoms with Crippen LogP contribution in [-0.4, -0.2) is 21.7 Å². The molecule has 1 aromatic rings. The molecule has 0 bridgehead atoms. The molecule has 0 aromatic carbocycles. The topological polar surface area (TPSA) is 74.9 Å². The molecule has 1 heterocycles. The summed E-state index contributed by atoms with van der Waals surface area (Å²) in [7, 11) is 0. The summed E-state index contributed by atoms with van der Waals surface area (Å²) in [5.41, 5.74) is 7.34. The predicted octanol–water partition coefficient (Wildman–Crippen LogP) is 0.0891. The Morgan fingerprint density at radius 2 is 2.36 bits per heavy atom. The number of nitrogens with one attached hydrogen (secondary N) is 1. The maximum absolute atomic E-state index is 8.66. The number of rotatable bonds is 3. The summed E-state index contributed by atoms with van der Waals surface area (Å²) in [6.45, 7) is 2.14. The van der Waals surface area contributed by atoms with Crippen molar-refractivity contribution in [2.45, 2.75) is 19.8 Å². The molecule has 1 aromatic heterocycles. The van der Waals surface area contributed by atoms with E-state index in [1.807, 2.05) is 6.92 Å². The summed E-state index contributed by atoms with van der Waals surface area (Å²) in [6, 6.07) is 0. The van der Waals surface area contributed by atoms with Crippen molar-refractivity contribution in [1.29, 1.82) is 0 Å². The second kappa shape index (κ2) is 3.39. The van der Waals surface area contributed by atoms with Gasteiger partial charge in [-0.25, -0.2) is 4.98 Å². The third-order valence-electron chi connectivity index (χ3n) is 1.58. The van der Waals surface area contributed by atoms with Crippen molar-refractivity contribution < 1.29 is 5.11 Å². The molecule has 0 unspecified atom stereocenters. The van der Waals surface area contributed by atoms with Crippen molar-refractivity contribution in [2.24, 2.45) is 0 Å². The fourth-order valence-corrected chi connectivity index (χ4v) is 1.08. The lowest BCUT2D eigenvalue weighted by molar-refractivity contribution is 0.298. The summed E-state index contributed by atoms with van der Waals surface area (Å²) < 4.78 is 0. The number of nitrogens with two attached hydrogens (primary N) is 1. The molecule has 0 fully saturated rings. The van der Waals surface area contributed by atoms with Crippen LogP contribution in [0.2, 0.25) is 0 Å². The van der Waals surface area contributed by atoms with Crippen LogP contribution in [0.3, 0.4) is 0 Å². The number of anilines is 1. The zero-order valence-corrected chi connectivity index (χ0v) is 6.59. The minimum Gasteiger partial charge on any atom is -0.396 e. The van der Waals surface area contributed by atoms with Crippen LogP contribution in [0.5, 0.6) is 0 Å². The molecule has 0 atom stereocenters. The molecular formula is C7H13N3O. The molecule has 0 aliphatic carbocycles. The van der Waals surface area contributed by atoms with E-state index in [2.05, 4.69) is 9.97 Å². The van der Waals surface area contributed by atoms with Gasteiger partial charge in [-0.15, -0.1) is 0 Å². The summed E-state index contributed by atoms with van der Waals surface area (Å²) in [4.78, 5) is 6.96. The molecule has 0 aliphatic rings. The van der Waals surface area contributed by atoms with Gasteiger partial charge in [0.15, 0.2) is 5.95 Å². The average Bonchev–Trinajstić information content (AvgIpc) is 2.32. The first-order valence-corrected chi connectivity index (χ1v) is 3.72. The van der Waals surface area contributed by atoms with E-state index in [-0.39, 0.29) is 6.61 Å². The largest absolute Gasteiger partial charge is 0.396 e. The summed E-state index contributed by atoms with van der Waals surface area (Å²) in [5.74, 6) is 0.435. The minimum atomic E-state index is 0.134. The van der Waals surface area contributed by atoms with E-state index >= 15 is 0 Å². The number of hydrogen-bond donors (Lipinski definition) is 3. The van der Waals surface area contributed by atoms with E-state index < -0.39 is 0 Å². The number of aromatic amines is 1. The number of nitrogen functional groups attached to an aromatic ring is 1. The molecule has 4 nitrogen and oxygen atoms in total. The Morgan fingerprint density at radius 3 is 2.91 bits per heavy atom. The number of aromatic nitrogens is 2. The van der Waals surface area contributed by atoms with Gasteiger partial charge in [0, 0.05) is 18.7 Å². The van der Waals surface area contributed by atoms with Crippen molar-refractivity contribution in [3.63, 3.8) is 0 Å². The lowest BCUT2D eigenvalue weighted by Crippen LogP contribution is -1.95. The molecule has 0 saturated carbocycles. The molecule has 0 radical (unpaired) electrons. The standard InChI is InChI=1S/C7H13N3O/c1-2-5-6(3-4-11)10-7(8)9-5/h11H,2-4H2,1H3,(H3,8,9,10). The van der Waals surface area contributed by atoms with Gasteiger partial charge >= 0.3 is 0 Å². The molecule has 4 heteroatoms. The number of hydrogen-bond acceptors (Lipinski definition) is 3. The van der Waals surface area contributed by atoms with Crippen LogP contribution in [0.25, 0.3) is 0 Å². The highest BCUT2D eigenvalue weighted by Gasteiger charge is 2.04. The Labute approximate surface area is 65.5 Å². The molecule has 11 heavy (non-hydrogen) atoms.